The highest BCUT2D eigenvalue weighted by Crippen LogP contribution is 2.22. The van der Waals surface area contributed by atoms with Crippen LogP contribution in [0.5, 0.6) is 0 Å². The van der Waals surface area contributed by atoms with Gasteiger partial charge in [-0.05, 0) is 24.7 Å². The Bertz CT molecular complexity index is 675. The molecule has 1 saturated heterocycles. The normalized spacial score (nSPS) is 15.7. The van der Waals surface area contributed by atoms with Gasteiger partial charge in [-0.15, -0.1) is 5.10 Å². The maximum atomic E-state index is 13.2. The lowest BCUT2D eigenvalue weighted by atomic mass is 10.3. The molecule has 3 rings (SSSR count). The van der Waals surface area contributed by atoms with Crippen LogP contribution < -0.4 is 10.2 Å². The summed E-state index contributed by atoms with van der Waals surface area (Å²) in [7, 11) is 0. The molecular weight excluding hydrogens is 319 g/mol. The zero-order chi connectivity index (χ0) is 16.2. The third kappa shape index (κ3) is 3.86. The maximum Gasteiger partial charge on any atom is 0.247 e. The van der Waals surface area contributed by atoms with Crippen LogP contribution in [0.4, 0.5) is 21.8 Å². The van der Waals surface area contributed by atoms with Crippen LogP contribution in [-0.2, 0) is 0 Å². The van der Waals surface area contributed by atoms with Gasteiger partial charge in [0.1, 0.15) is 5.82 Å². The van der Waals surface area contributed by atoms with Crippen molar-refractivity contribution in [2.45, 2.75) is 6.92 Å². The molecule has 23 heavy (non-hydrogen) atoms. The van der Waals surface area contributed by atoms with Crippen molar-refractivity contribution in [2.75, 3.05) is 42.9 Å². The summed E-state index contributed by atoms with van der Waals surface area (Å²) in [6.07, 6.45) is 1.53. The van der Waals surface area contributed by atoms with Gasteiger partial charge in [-0.3, -0.25) is 0 Å². The van der Waals surface area contributed by atoms with E-state index < -0.39 is 5.82 Å². The second-order valence-corrected chi connectivity index (χ2v) is 5.72. The van der Waals surface area contributed by atoms with Gasteiger partial charge in [-0.1, -0.05) is 18.5 Å². The van der Waals surface area contributed by atoms with Gasteiger partial charge in [-0.25, -0.2) is 4.39 Å². The van der Waals surface area contributed by atoms with Crippen molar-refractivity contribution >= 4 is 29.1 Å². The van der Waals surface area contributed by atoms with Crippen LogP contribution in [0.25, 0.3) is 0 Å². The van der Waals surface area contributed by atoms with Crippen LogP contribution >= 0.6 is 11.6 Å². The van der Waals surface area contributed by atoms with Crippen LogP contribution in [0.3, 0.4) is 0 Å². The van der Waals surface area contributed by atoms with E-state index in [0.717, 1.165) is 32.7 Å². The van der Waals surface area contributed by atoms with E-state index in [4.69, 9.17) is 11.6 Å². The molecule has 1 fully saturated rings. The molecule has 122 valence electrons. The van der Waals surface area contributed by atoms with Crippen LogP contribution in [0.1, 0.15) is 6.92 Å². The van der Waals surface area contributed by atoms with Crippen molar-refractivity contribution in [3.8, 4) is 0 Å². The van der Waals surface area contributed by atoms with Crippen LogP contribution in [0.2, 0.25) is 5.02 Å². The minimum absolute atomic E-state index is 0.0629. The minimum atomic E-state index is -0.451. The van der Waals surface area contributed by atoms with E-state index in [1.54, 1.807) is 6.07 Å². The average Bonchev–Trinajstić information content (AvgIpc) is 2.58. The van der Waals surface area contributed by atoms with E-state index in [0.29, 0.717) is 17.5 Å². The molecule has 1 N–H and O–H groups in total. The Balaban J connectivity index is 1.71. The number of anilines is 3. The lowest BCUT2D eigenvalue weighted by molar-refractivity contribution is 0.269. The number of aromatic nitrogens is 3. The fourth-order valence-electron chi connectivity index (χ4n) is 2.47. The Kier molecular flexibility index (Phi) is 4.88. The molecule has 0 spiro atoms. The highest BCUT2D eigenvalue weighted by molar-refractivity contribution is 6.31. The van der Waals surface area contributed by atoms with Gasteiger partial charge in [0.2, 0.25) is 5.95 Å². The number of rotatable bonds is 4. The quantitative estimate of drug-likeness (QED) is 0.926. The van der Waals surface area contributed by atoms with Crippen molar-refractivity contribution in [2.24, 2.45) is 0 Å². The molecule has 1 aliphatic heterocycles. The number of nitrogens with zero attached hydrogens (tertiary/aromatic N) is 5. The molecule has 1 aromatic carbocycles. The number of halogens is 2. The van der Waals surface area contributed by atoms with Crippen molar-refractivity contribution in [1.82, 2.24) is 20.1 Å². The fourth-order valence-corrected chi connectivity index (χ4v) is 2.65. The Labute approximate surface area is 139 Å². The Hall–Kier alpha value is -1.99. The van der Waals surface area contributed by atoms with E-state index in [1.165, 1.54) is 18.3 Å². The summed E-state index contributed by atoms with van der Waals surface area (Å²) in [6, 6.07) is 4.42. The molecule has 1 aliphatic rings. The number of piperazine rings is 1. The van der Waals surface area contributed by atoms with E-state index in [1.807, 2.05) is 0 Å². The highest BCUT2D eigenvalue weighted by Gasteiger charge is 2.18. The summed E-state index contributed by atoms with van der Waals surface area (Å²) >= 11 is 5.78. The van der Waals surface area contributed by atoms with Gasteiger partial charge < -0.3 is 15.1 Å². The Morgan fingerprint density at radius 3 is 2.74 bits per heavy atom. The first-order chi connectivity index (χ1) is 11.2. The predicted octanol–water partition coefficient (Wildman–Crippen LogP) is 2.55. The van der Waals surface area contributed by atoms with Gasteiger partial charge in [0, 0.05) is 31.9 Å². The van der Waals surface area contributed by atoms with Gasteiger partial charge in [0.15, 0.2) is 5.82 Å². The molecule has 0 aliphatic carbocycles. The average molecular weight is 337 g/mol. The van der Waals surface area contributed by atoms with Crippen LogP contribution in [-0.4, -0.2) is 52.8 Å². The van der Waals surface area contributed by atoms with Gasteiger partial charge in [-0.2, -0.15) is 10.1 Å². The maximum absolute atomic E-state index is 13.2. The summed E-state index contributed by atoms with van der Waals surface area (Å²) in [5.74, 6) is 0.696. The molecular formula is C15H18ClFN6. The van der Waals surface area contributed by atoms with E-state index in [2.05, 4.69) is 37.2 Å². The van der Waals surface area contributed by atoms with Gasteiger partial charge in [0.05, 0.1) is 11.2 Å². The molecule has 0 bridgehead atoms. The zero-order valence-electron chi connectivity index (χ0n) is 12.8. The molecule has 2 heterocycles. The monoisotopic (exact) mass is 336 g/mol. The van der Waals surface area contributed by atoms with Gasteiger partial charge >= 0.3 is 0 Å². The molecule has 0 amide bonds. The van der Waals surface area contributed by atoms with Gasteiger partial charge in [0.25, 0.3) is 0 Å². The molecule has 8 heteroatoms. The molecule has 6 nitrogen and oxygen atoms in total. The molecule has 0 unspecified atom stereocenters. The SMILES string of the molecule is CCN1CCN(c2nncc(Nc3ccc(F)c(Cl)c3)n2)CC1. The second-order valence-electron chi connectivity index (χ2n) is 5.32. The lowest BCUT2D eigenvalue weighted by Gasteiger charge is -2.33. The van der Waals surface area contributed by atoms with E-state index in [9.17, 15) is 4.39 Å². The fraction of sp³-hybridized carbons (Fsp3) is 0.400. The van der Waals surface area contributed by atoms with Crippen LogP contribution in [0, 0.1) is 5.82 Å². The standard InChI is InChI=1S/C15H18ClFN6/c1-2-22-5-7-23(8-6-22)15-20-14(10-18-21-15)19-11-3-4-13(17)12(16)9-11/h3-4,9-10H,2,5-8H2,1H3,(H,19,20,21). The summed E-state index contributed by atoms with van der Waals surface area (Å²) < 4.78 is 13.2. The summed E-state index contributed by atoms with van der Waals surface area (Å²) in [5, 5.41) is 11.2. The minimum Gasteiger partial charge on any atom is -0.339 e. The number of nitrogens with one attached hydrogen (secondary N) is 1. The molecule has 0 saturated carbocycles. The number of hydrogen-bond acceptors (Lipinski definition) is 6. The third-order valence-electron chi connectivity index (χ3n) is 3.84. The molecule has 0 atom stereocenters. The van der Waals surface area contributed by atoms with Crippen molar-refractivity contribution < 1.29 is 4.39 Å². The summed E-state index contributed by atoms with van der Waals surface area (Å²) in [6.45, 7) is 6.95. The summed E-state index contributed by atoms with van der Waals surface area (Å²) in [4.78, 5) is 8.98. The van der Waals surface area contributed by atoms with Crippen molar-refractivity contribution in [3.63, 3.8) is 0 Å². The Morgan fingerprint density at radius 2 is 2.04 bits per heavy atom. The number of likely N-dealkylation sites (N-methyl/N-ethyl adjacent to an activating group) is 1. The predicted molar refractivity (Wildman–Crippen MR) is 88.8 cm³/mol. The highest BCUT2D eigenvalue weighted by atomic mass is 35.5. The Morgan fingerprint density at radius 1 is 1.26 bits per heavy atom. The summed E-state index contributed by atoms with van der Waals surface area (Å²) in [5.41, 5.74) is 0.652. The smallest absolute Gasteiger partial charge is 0.247 e. The molecule has 2 aromatic rings. The zero-order valence-corrected chi connectivity index (χ0v) is 13.6. The topological polar surface area (TPSA) is 57.2 Å². The third-order valence-corrected chi connectivity index (χ3v) is 4.13. The first kappa shape index (κ1) is 15.9. The van der Waals surface area contributed by atoms with E-state index in [-0.39, 0.29) is 5.02 Å². The van der Waals surface area contributed by atoms with Crippen molar-refractivity contribution in [1.29, 1.82) is 0 Å². The van der Waals surface area contributed by atoms with Crippen LogP contribution in [0.15, 0.2) is 24.4 Å². The first-order valence-corrected chi connectivity index (χ1v) is 7.92. The molecule has 1 aromatic heterocycles. The number of benzene rings is 1. The number of hydrogen-bond donors (Lipinski definition) is 1. The lowest BCUT2D eigenvalue weighted by Crippen LogP contribution is -2.46. The van der Waals surface area contributed by atoms with E-state index >= 15 is 0 Å². The molecule has 0 radical (unpaired) electrons. The second kappa shape index (κ2) is 7.06. The first-order valence-electron chi connectivity index (χ1n) is 7.55. The largest absolute Gasteiger partial charge is 0.339 e. The van der Waals surface area contributed by atoms with Crippen molar-refractivity contribution in [3.05, 3.63) is 35.2 Å².